The van der Waals surface area contributed by atoms with Crippen LogP contribution in [0.1, 0.15) is 0 Å². The van der Waals surface area contributed by atoms with Crippen molar-refractivity contribution in [1.82, 2.24) is 4.98 Å². The molecular formula is C15H10ClFN2O2S. The molecule has 0 aliphatic heterocycles. The molecule has 0 fully saturated rings. The van der Waals surface area contributed by atoms with Gasteiger partial charge in [-0.2, -0.15) is 0 Å². The zero-order valence-corrected chi connectivity index (χ0v) is 12.7. The second-order valence-corrected chi connectivity index (χ2v) is 6.69. The predicted octanol–water partition coefficient (Wildman–Crippen LogP) is 3.83. The summed E-state index contributed by atoms with van der Waals surface area (Å²) < 4.78 is 40.1. The summed E-state index contributed by atoms with van der Waals surface area (Å²) in [6.07, 6.45) is 1.42. The van der Waals surface area contributed by atoms with Gasteiger partial charge in [0.1, 0.15) is 5.82 Å². The van der Waals surface area contributed by atoms with E-state index in [4.69, 9.17) is 11.6 Å². The summed E-state index contributed by atoms with van der Waals surface area (Å²) in [7, 11) is -3.86. The molecule has 0 atom stereocenters. The Balaban J connectivity index is 1.97. The maximum absolute atomic E-state index is 13.1. The van der Waals surface area contributed by atoms with E-state index < -0.39 is 15.8 Å². The van der Waals surface area contributed by atoms with Crippen molar-refractivity contribution in [3.63, 3.8) is 0 Å². The van der Waals surface area contributed by atoms with Crippen LogP contribution in [0.15, 0.2) is 59.6 Å². The standard InChI is InChI=1S/C15H10ClFN2O2S/c16-13-8-12(5-6-14(13)17)22(20,21)19-11-7-10-3-1-2-4-15(10)18-9-11/h1-9,19H. The van der Waals surface area contributed by atoms with E-state index in [0.717, 1.165) is 29.1 Å². The summed E-state index contributed by atoms with van der Waals surface area (Å²) in [6, 6.07) is 12.2. The lowest BCUT2D eigenvalue weighted by Gasteiger charge is -2.09. The van der Waals surface area contributed by atoms with Gasteiger partial charge >= 0.3 is 0 Å². The van der Waals surface area contributed by atoms with Crippen molar-refractivity contribution in [2.24, 2.45) is 0 Å². The number of sulfonamides is 1. The minimum absolute atomic E-state index is 0.118. The van der Waals surface area contributed by atoms with Crippen LogP contribution in [0.2, 0.25) is 5.02 Å². The number of halogens is 2. The molecule has 1 aromatic heterocycles. The van der Waals surface area contributed by atoms with Gasteiger partial charge in [-0.1, -0.05) is 29.8 Å². The molecule has 3 rings (SSSR count). The number of anilines is 1. The summed E-state index contributed by atoms with van der Waals surface area (Å²) in [5.41, 5.74) is 1.08. The van der Waals surface area contributed by atoms with E-state index in [0.29, 0.717) is 5.69 Å². The number of nitrogens with one attached hydrogen (secondary N) is 1. The molecule has 2 aromatic carbocycles. The first-order chi connectivity index (χ1) is 10.5. The maximum atomic E-state index is 13.1. The van der Waals surface area contributed by atoms with Crippen LogP contribution in [0, 0.1) is 5.82 Å². The number of pyridine rings is 1. The number of nitrogens with zero attached hydrogens (tertiary/aromatic N) is 1. The number of hydrogen-bond donors (Lipinski definition) is 1. The highest BCUT2D eigenvalue weighted by Gasteiger charge is 2.16. The molecule has 0 bridgehead atoms. The third-order valence-corrected chi connectivity index (χ3v) is 4.71. The lowest BCUT2D eigenvalue weighted by atomic mass is 10.2. The van der Waals surface area contributed by atoms with Crippen LogP contribution in [0.4, 0.5) is 10.1 Å². The van der Waals surface area contributed by atoms with E-state index in [1.807, 2.05) is 24.3 Å². The molecule has 4 nitrogen and oxygen atoms in total. The van der Waals surface area contributed by atoms with E-state index in [2.05, 4.69) is 9.71 Å². The Kier molecular flexibility index (Phi) is 3.72. The van der Waals surface area contributed by atoms with Crippen LogP contribution in [-0.2, 0) is 10.0 Å². The maximum Gasteiger partial charge on any atom is 0.261 e. The van der Waals surface area contributed by atoms with Crippen molar-refractivity contribution in [2.45, 2.75) is 4.90 Å². The Morgan fingerprint density at radius 3 is 2.64 bits per heavy atom. The zero-order valence-electron chi connectivity index (χ0n) is 11.1. The first-order valence-corrected chi connectivity index (χ1v) is 8.14. The molecule has 22 heavy (non-hydrogen) atoms. The third-order valence-electron chi connectivity index (χ3n) is 3.04. The van der Waals surface area contributed by atoms with E-state index in [1.54, 1.807) is 6.07 Å². The van der Waals surface area contributed by atoms with Crippen molar-refractivity contribution >= 4 is 38.2 Å². The fraction of sp³-hybridized carbons (Fsp3) is 0. The SMILES string of the molecule is O=S(=O)(Nc1cnc2ccccc2c1)c1ccc(F)c(Cl)c1. The van der Waals surface area contributed by atoms with Gasteiger partial charge in [0.15, 0.2) is 0 Å². The van der Waals surface area contributed by atoms with Gasteiger partial charge in [-0.25, -0.2) is 12.8 Å². The average Bonchev–Trinajstić information content (AvgIpc) is 2.49. The molecule has 0 radical (unpaired) electrons. The van der Waals surface area contributed by atoms with E-state index in [9.17, 15) is 12.8 Å². The molecular weight excluding hydrogens is 327 g/mol. The van der Waals surface area contributed by atoms with Crippen molar-refractivity contribution in [2.75, 3.05) is 4.72 Å². The second-order valence-electron chi connectivity index (χ2n) is 4.60. The molecule has 3 aromatic rings. The van der Waals surface area contributed by atoms with Crippen molar-refractivity contribution in [3.8, 4) is 0 Å². The van der Waals surface area contributed by atoms with Gasteiger partial charge in [-0.15, -0.1) is 0 Å². The van der Waals surface area contributed by atoms with Crippen molar-refractivity contribution in [1.29, 1.82) is 0 Å². The molecule has 0 aliphatic rings. The highest BCUT2D eigenvalue weighted by Crippen LogP contribution is 2.23. The van der Waals surface area contributed by atoms with Crippen LogP contribution in [0.5, 0.6) is 0 Å². The van der Waals surface area contributed by atoms with Crippen LogP contribution in [0.25, 0.3) is 10.9 Å². The number of benzene rings is 2. The minimum atomic E-state index is -3.86. The topological polar surface area (TPSA) is 59.1 Å². The van der Waals surface area contributed by atoms with E-state index in [-0.39, 0.29) is 9.92 Å². The average molecular weight is 337 g/mol. The van der Waals surface area contributed by atoms with Crippen LogP contribution in [-0.4, -0.2) is 13.4 Å². The summed E-state index contributed by atoms with van der Waals surface area (Å²) in [4.78, 5) is 4.06. The van der Waals surface area contributed by atoms with E-state index in [1.165, 1.54) is 6.20 Å². The van der Waals surface area contributed by atoms with Gasteiger partial charge in [-0.05, 0) is 30.3 Å². The summed E-state index contributed by atoms with van der Waals surface area (Å²) >= 11 is 5.62. The van der Waals surface area contributed by atoms with Gasteiger partial charge in [0.2, 0.25) is 0 Å². The zero-order chi connectivity index (χ0) is 15.7. The second kappa shape index (κ2) is 5.55. The first-order valence-electron chi connectivity index (χ1n) is 6.28. The monoisotopic (exact) mass is 336 g/mol. The molecule has 0 saturated carbocycles. The number of aromatic nitrogens is 1. The molecule has 1 N–H and O–H groups in total. The Bertz CT molecular complexity index is 961. The van der Waals surface area contributed by atoms with Gasteiger partial charge < -0.3 is 0 Å². The molecule has 0 aliphatic carbocycles. The van der Waals surface area contributed by atoms with Crippen LogP contribution >= 0.6 is 11.6 Å². The normalized spacial score (nSPS) is 11.5. The lowest BCUT2D eigenvalue weighted by molar-refractivity contribution is 0.599. The quantitative estimate of drug-likeness (QED) is 0.790. The Morgan fingerprint density at radius 2 is 1.86 bits per heavy atom. The number of para-hydroxylation sites is 1. The first kappa shape index (κ1) is 14.7. The highest BCUT2D eigenvalue weighted by molar-refractivity contribution is 7.92. The lowest BCUT2D eigenvalue weighted by Crippen LogP contribution is -2.13. The Morgan fingerprint density at radius 1 is 1.09 bits per heavy atom. The minimum Gasteiger partial charge on any atom is -0.278 e. The summed E-state index contributed by atoms with van der Waals surface area (Å²) in [6.45, 7) is 0. The molecule has 0 amide bonds. The molecule has 0 unspecified atom stereocenters. The number of fused-ring (bicyclic) bond motifs is 1. The van der Waals surface area contributed by atoms with Crippen molar-refractivity contribution < 1.29 is 12.8 Å². The highest BCUT2D eigenvalue weighted by atomic mass is 35.5. The molecule has 0 saturated heterocycles. The van der Waals surface area contributed by atoms with Gasteiger partial charge in [0.05, 0.1) is 27.3 Å². The Labute approximate surface area is 131 Å². The van der Waals surface area contributed by atoms with E-state index >= 15 is 0 Å². The van der Waals surface area contributed by atoms with Gasteiger partial charge in [-0.3, -0.25) is 9.71 Å². The molecule has 1 heterocycles. The number of rotatable bonds is 3. The summed E-state index contributed by atoms with van der Waals surface area (Å²) in [5, 5.41) is 0.555. The fourth-order valence-electron chi connectivity index (χ4n) is 1.98. The van der Waals surface area contributed by atoms with Crippen molar-refractivity contribution in [3.05, 3.63) is 65.6 Å². The fourth-order valence-corrected chi connectivity index (χ4v) is 3.29. The largest absolute Gasteiger partial charge is 0.278 e. The molecule has 7 heteroatoms. The third kappa shape index (κ3) is 2.88. The van der Waals surface area contributed by atoms with Crippen LogP contribution < -0.4 is 4.72 Å². The summed E-state index contributed by atoms with van der Waals surface area (Å²) in [5.74, 6) is -0.673. The number of hydrogen-bond acceptors (Lipinski definition) is 3. The Hall–Kier alpha value is -2.18. The predicted molar refractivity (Wildman–Crippen MR) is 84.0 cm³/mol. The smallest absolute Gasteiger partial charge is 0.261 e. The van der Waals surface area contributed by atoms with Crippen LogP contribution in [0.3, 0.4) is 0 Å². The van der Waals surface area contributed by atoms with Gasteiger partial charge in [0.25, 0.3) is 10.0 Å². The molecule has 0 spiro atoms. The molecule has 112 valence electrons. The van der Waals surface area contributed by atoms with Gasteiger partial charge in [0, 0.05) is 5.39 Å².